The summed E-state index contributed by atoms with van der Waals surface area (Å²) in [5.41, 5.74) is 0.874. The third kappa shape index (κ3) is 57.5. The minimum atomic E-state index is -5.02. The molecule has 1 aliphatic rings. The van der Waals surface area contributed by atoms with Crippen LogP contribution in [0, 0.1) is 5.92 Å². The zero-order chi connectivity index (χ0) is 90.7. The number of unbranched alkanes of at least 4 members (excludes halogenated alkanes) is 48. The zero-order valence-electron chi connectivity index (χ0n) is 80.2. The number of ketones is 1. The number of phosphoric acid groups is 1. The monoisotopic (exact) mass is 1780 g/mol. The van der Waals surface area contributed by atoms with E-state index in [1.54, 1.807) is 60.7 Å². The van der Waals surface area contributed by atoms with E-state index in [2.05, 4.69) is 52.2 Å². The summed E-state index contributed by atoms with van der Waals surface area (Å²) in [6.07, 6.45) is 51.0. The van der Waals surface area contributed by atoms with Gasteiger partial charge in [0.1, 0.15) is 47.7 Å². The van der Waals surface area contributed by atoms with Crippen LogP contribution in [0.15, 0.2) is 91.0 Å². The smallest absolute Gasteiger partial charge is 0.462 e. The minimum Gasteiger partial charge on any atom is -0.462 e. The molecule has 0 radical (unpaired) electrons. The number of rotatable bonds is 86. The van der Waals surface area contributed by atoms with Gasteiger partial charge in [-0.15, -0.1) is 0 Å². The second kappa shape index (κ2) is 77.0. The topological polar surface area (TPSA) is 247 Å². The molecule has 1 fully saturated rings. The number of hydrogen-bond donors (Lipinski definition) is 3. The molecule has 3 N–H and O–H groups in total. The van der Waals surface area contributed by atoms with Gasteiger partial charge in [-0.05, 0) is 81.2 Å². The minimum absolute atomic E-state index is 0.0411. The Labute approximate surface area is 765 Å². The van der Waals surface area contributed by atoms with Crippen molar-refractivity contribution < 1.29 is 80.4 Å². The van der Waals surface area contributed by atoms with Crippen molar-refractivity contribution in [1.29, 1.82) is 0 Å². The number of benzene rings is 3. The number of carbonyl (C=O) groups is 6. The predicted molar refractivity (Wildman–Crippen MR) is 511 cm³/mol. The van der Waals surface area contributed by atoms with Gasteiger partial charge in [-0.3, -0.25) is 33.3 Å². The van der Waals surface area contributed by atoms with Crippen LogP contribution in [0.1, 0.15) is 452 Å². The van der Waals surface area contributed by atoms with Gasteiger partial charge in [0.05, 0.1) is 51.7 Å². The van der Waals surface area contributed by atoms with Crippen LogP contribution in [0.5, 0.6) is 11.5 Å². The van der Waals surface area contributed by atoms with Gasteiger partial charge in [0.2, 0.25) is 11.8 Å². The fraction of sp³-hybridized carbons (Fsp3) is 0.774. The lowest BCUT2D eigenvalue weighted by atomic mass is 9.90. The summed E-state index contributed by atoms with van der Waals surface area (Å²) in [4.78, 5) is 89.1. The van der Waals surface area contributed by atoms with Crippen molar-refractivity contribution in [1.82, 2.24) is 10.6 Å². The average molecular weight is 1780 g/mol. The number of aliphatic hydroxyl groups excluding tert-OH is 1. The van der Waals surface area contributed by atoms with E-state index in [9.17, 15) is 24.3 Å². The van der Waals surface area contributed by atoms with Crippen LogP contribution in [0.2, 0.25) is 0 Å². The number of esters is 3. The van der Waals surface area contributed by atoms with Crippen molar-refractivity contribution in [3.8, 4) is 11.5 Å². The Balaban J connectivity index is 1.89. The number of para-hydroxylation sites is 2. The number of phosphoric ester groups is 1. The van der Waals surface area contributed by atoms with E-state index in [1.165, 1.54) is 167 Å². The SMILES string of the molecule is CCCCCCCCCCCC(=O)O[C@H](CCCCCCCCCCC)CC(=O)N[C@@H](COCc1ccccc1)CO[C@@H]1O[C@H](CO)[C@@H](OP(=O)(Oc2ccccc2)Oc2ccccc2)[C@H](OC(=O)C[C@@H](CCCCCCCCCCC)C(=O)CCCCCCCCCCC)[C@H]1NC(=O)C[C@@H](CCCCCCCCCCC)OC(=O)CCCCCCCCCCC. The maximum absolute atomic E-state index is 16.0. The average Bonchev–Trinajstić information content (AvgIpc) is 0.771. The number of carbonyl (C=O) groups excluding carboxylic acids is 6. The van der Waals surface area contributed by atoms with E-state index in [-0.39, 0.29) is 81.6 Å². The van der Waals surface area contributed by atoms with Crippen LogP contribution in [0.4, 0.5) is 0 Å². The fourth-order valence-electron chi connectivity index (χ4n) is 16.9. The summed E-state index contributed by atoms with van der Waals surface area (Å²) in [5.74, 6) is -3.21. The molecule has 19 nitrogen and oxygen atoms in total. The molecule has 1 aliphatic heterocycles. The maximum Gasteiger partial charge on any atom is 0.588 e. The van der Waals surface area contributed by atoms with Crippen LogP contribution in [0.25, 0.3) is 0 Å². The van der Waals surface area contributed by atoms with Crippen molar-refractivity contribution >= 4 is 43.3 Å². The van der Waals surface area contributed by atoms with Crippen molar-refractivity contribution in [3.63, 3.8) is 0 Å². The molecule has 0 saturated carbocycles. The summed E-state index contributed by atoms with van der Waals surface area (Å²) >= 11 is 0. The largest absolute Gasteiger partial charge is 0.588 e. The summed E-state index contributed by atoms with van der Waals surface area (Å²) in [7, 11) is -5.02. The van der Waals surface area contributed by atoms with Crippen LogP contribution in [-0.4, -0.2) is 109 Å². The number of hydrogen-bond acceptors (Lipinski definition) is 17. The van der Waals surface area contributed by atoms with E-state index >= 15 is 14.2 Å². The number of Topliss-reactive ketones (excluding diaryl/α,β-unsaturated/α-hetero) is 1. The number of amides is 2. The quantitative estimate of drug-likeness (QED) is 0.0206. The van der Waals surface area contributed by atoms with Crippen LogP contribution >= 0.6 is 7.82 Å². The van der Waals surface area contributed by atoms with Gasteiger partial charge in [-0.2, -0.15) is 0 Å². The molecule has 126 heavy (non-hydrogen) atoms. The van der Waals surface area contributed by atoms with Crippen molar-refractivity contribution in [2.75, 3.05) is 19.8 Å². The lowest BCUT2D eigenvalue weighted by molar-refractivity contribution is -0.272. The highest BCUT2D eigenvalue weighted by Crippen LogP contribution is 2.53. The lowest BCUT2D eigenvalue weighted by Crippen LogP contribution is -2.66. The highest BCUT2D eigenvalue weighted by Gasteiger charge is 2.54. The Bertz CT molecular complexity index is 3120. The van der Waals surface area contributed by atoms with Crippen LogP contribution in [-0.2, 0) is 72.9 Å². The van der Waals surface area contributed by atoms with E-state index in [0.717, 1.165) is 153 Å². The molecule has 0 bridgehead atoms. The molecule has 20 heteroatoms. The first-order chi connectivity index (χ1) is 61.7. The standard InChI is InChI=1S/C106H179N2O17P/c1-7-13-19-25-31-37-43-49-60-72-90(96(110)79-67-52-46-40-34-28-22-16-10-4)82-102(115)122-105-103(108-99(112)84-95(78-62-51-45-39-33-27-21-15-9-3)120-101(114)81-69-54-48-42-36-30-24-18-12-6)106(121-97(85-109)104(105)125-126(116,123-92-73-63-56-64-74-92)124-93-75-65-57-66-76-93)118-88-91(87-117-86-89-70-58-55-59-71-89)107-98(111)83-94(77-61-50-44-38-32-26-20-14-8-2)119-100(113)80-68-53-47-41-35-29-23-17-11-5/h55-59,63-66,70-71,73-76,90-91,94-95,97,103-106,109H,7-54,60-62,67-69,72,77-88H2,1-6H3,(H,107,111)(H,108,112)/t90-,91+,94-,95-,97-,103-,104-,105-,106-/m1/s1. The van der Waals surface area contributed by atoms with Crippen LogP contribution in [0.3, 0.4) is 0 Å². The summed E-state index contributed by atoms with van der Waals surface area (Å²) in [5, 5.41) is 18.2. The zero-order valence-corrected chi connectivity index (χ0v) is 81.1. The van der Waals surface area contributed by atoms with Crippen LogP contribution < -0.4 is 19.7 Å². The second-order valence-corrected chi connectivity index (χ2v) is 37.8. The molecule has 4 rings (SSSR count). The van der Waals surface area contributed by atoms with E-state index in [0.29, 0.717) is 51.4 Å². The van der Waals surface area contributed by atoms with E-state index in [4.69, 9.17) is 42.0 Å². The Kier molecular flexibility index (Phi) is 68.8. The van der Waals surface area contributed by atoms with Crippen molar-refractivity contribution in [3.05, 3.63) is 96.6 Å². The van der Waals surface area contributed by atoms with Gasteiger partial charge in [0, 0.05) is 25.2 Å². The molecule has 720 valence electrons. The number of ether oxygens (including phenoxy) is 6. The van der Waals surface area contributed by atoms with Gasteiger partial charge in [-0.1, -0.05) is 423 Å². The molecule has 0 spiro atoms. The second-order valence-electron chi connectivity index (χ2n) is 36.3. The molecule has 3 aromatic rings. The molecule has 1 heterocycles. The van der Waals surface area contributed by atoms with E-state index < -0.39 is 93.0 Å². The maximum atomic E-state index is 16.0. The highest BCUT2D eigenvalue weighted by atomic mass is 31.2. The lowest BCUT2D eigenvalue weighted by Gasteiger charge is -2.45. The predicted octanol–water partition coefficient (Wildman–Crippen LogP) is 28.2. The van der Waals surface area contributed by atoms with Gasteiger partial charge in [0.15, 0.2) is 12.4 Å². The summed E-state index contributed by atoms with van der Waals surface area (Å²) in [6, 6.07) is 23.7. The molecule has 0 unspecified atom stereocenters. The van der Waals surface area contributed by atoms with Gasteiger partial charge < -0.3 is 53.2 Å². The molecule has 1 saturated heterocycles. The molecular weight excluding hydrogens is 1600 g/mol. The van der Waals surface area contributed by atoms with Gasteiger partial charge in [-0.25, -0.2) is 4.57 Å². The Morgan fingerprint density at radius 2 is 0.738 bits per heavy atom. The third-order valence-corrected chi connectivity index (χ3v) is 25.9. The third-order valence-electron chi connectivity index (χ3n) is 24.6. The number of nitrogens with one attached hydrogen (secondary N) is 2. The molecule has 9 atom stereocenters. The summed E-state index contributed by atoms with van der Waals surface area (Å²) in [6.45, 7) is 12.2. The first-order valence-electron chi connectivity index (χ1n) is 51.6. The molecule has 0 aromatic heterocycles. The molecule has 3 aromatic carbocycles. The molecule has 0 aliphatic carbocycles. The highest BCUT2D eigenvalue weighted by molar-refractivity contribution is 7.49. The molecular formula is C106H179N2O17P. The summed E-state index contributed by atoms with van der Waals surface area (Å²) < 4.78 is 75.0. The Morgan fingerprint density at radius 3 is 1.13 bits per heavy atom. The van der Waals surface area contributed by atoms with Gasteiger partial charge >= 0.3 is 25.7 Å². The van der Waals surface area contributed by atoms with Crippen molar-refractivity contribution in [2.24, 2.45) is 5.92 Å². The first kappa shape index (κ1) is 113. The Hall–Kier alpha value is -5.69. The van der Waals surface area contributed by atoms with Gasteiger partial charge in [0.25, 0.3) is 0 Å². The van der Waals surface area contributed by atoms with E-state index in [1.807, 2.05) is 30.3 Å². The van der Waals surface area contributed by atoms with Crippen molar-refractivity contribution in [2.45, 2.75) is 502 Å². The first-order valence-corrected chi connectivity index (χ1v) is 53.1. The fourth-order valence-corrected chi connectivity index (χ4v) is 18.4. The molecule has 2 amide bonds. The number of aliphatic hydroxyl groups is 1. The normalized spacial score (nSPS) is 16.2. The Morgan fingerprint density at radius 1 is 0.389 bits per heavy atom.